The largest absolute Gasteiger partial charge is 0.458 e. The third-order valence-corrected chi connectivity index (χ3v) is 3.74. The number of carbonyl (C=O) groups is 2. The fourth-order valence-corrected chi connectivity index (χ4v) is 1.71. The van der Waals surface area contributed by atoms with Gasteiger partial charge in [-0.3, -0.25) is 9.59 Å². The van der Waals surface area contributed by atoms with Crippen LogP contribution >= 0.6 is 0 Å². The smallest absolute Gasteiger partial charge is 0.283 e. The first-order valence-electron chi connectivity index (χ1n) is 7.12. The van der Waals surface area contributed by atoms with E-state index in [-0.39, 0.29) is 0 Å². The number of hydrogen-bond donors (Lipinski definition) is 0. The molecule has 2 nitrogen and oxygen atoms in total. The van der Waals surface area contributed by atoms with Crippen molar-refractivity contribution in [3.8, 4) is 0 Å². The van der Waals surface area contributed by atoms with Crippen molar-refractivity contribution in [2.45, 2.75) is 53.6 Å². The minimum absolute atomic E-state index is 4.09. The Morgan fingerprint density at radius 3 is 0.941 bits per heavy atom. The van der Waals surface area contributed by atoms with Crippen LogP contribution in [0.1, 0.15) is 0 Å². The quantitative estimate of drug-likeness (QED) is 0.254. The summed E-state index contributed by atoms with van der Waals surface area (Å²) in [7, 11) is 0. The molecule has 0 heterocycles. The van der Waals surface area contributed by atoms with E-state index in [0.717, 1.165) is 0 Å². The molecular formula is C12H2F20O2. The lowest BCUT2D eigenvalue weighted by Gasteiger charge is -2.43. The van der Waals surface area contributed by atoms with E-state index >= 15 is 0 Å². The van der Waals surface area contributed by atoms with Gasteiger partial charge >= 0.3 is 59.3 Å². The number of Topliss-reactive ketones (excluding diaryl/α,β-unsaturated/α-hetero) is 2. The summed E-state index contributed by atoms with van der Waals surface area (Å²) in [5.41, 5.74) is 0. The fourth-order valence-electron chi connectivity index (χ4n) is 1.71. The molecule has 0 rings (SSSR count). The van der Waals surface area contributed by atoms with Crippen LogP contribution in [0.3, 0.4) is 0 Å². The van der Waals surface area contributed by atoms with Gasteiger partial charge in [-0.05, 0) is 0 Å². The van der Waals surface area contributed by atoms with Crippen LogP contribution < -0.4 is 0 Å². The van der Waals surface area contributed by atoms with Crippen molar-refractivity contribution in [3.05, 3.63) is 0 Å². The molecule has 0 aromatic heterocycles. The summed E-state index contributed by atoms with van der Waals surface area (Å²) in [5, 5.41) is 0. The molecule has 0 aliphatic rings. The summed E-state index contributed by atoms with van der Waals surface area (Å²) in [6.07, 6.45) is -6.91. The standard InChI is InChI=1S/C12H2F20O2/c13-1-4(14,15)7(21,22)9(25,26)11(29,30)12(31,32)10(27,28)8(23,24)5(16,17)2(33)3(34)6(18,19)20/h1H2. The third kappa shape index (κ3) is 3.92. The summed E-state index contributed by atoms with van der Waals surface area (Å²) in [5.74, 6) is -77.3. The molecule has 0 saturated heterocycles. The minimum Gasteiger partial charge on any atom is -0.283 e. The molecule has 0 atom stereocenters. The summed E-state index contributed by atoms with van der Waals surface area (Å²) < 4.78 is 258. The van der Waals surface area contributed by atoms with E-state index in [1.54, 1.807) is 0 Å². The Morgan fingerprint density at radius 2 is 0.676 bits per heavy atom. The molecule has 0 aromatic carbocycles. The summed E-state index contributed by atoms with van der Waals surface area (Å²) >= 11 is 0. The van der Waals surface area contributed by atoms with Gasteiger partial charge in [0.05, 0.1) is 0 Å². The highest BCUT2D eigenvalue weighted by atomic mass is 19.4. The van der Waals surface area contributed by atoms with Crippen LogP contribution in [0, 0.1) is 0 Å². The second-order valence-corrected chi connectivity index (χ2v) is 6.01. The molecule has 0 aromatic rings. The maximum Gasteiger partial charge on any atom is 0.458 e. The Hall–Kier alpha value is -2.06. The van der Waals surface area contributed by atoms with E-state index in [1.807, 2.05) is 0 Å². The van der Waals surface area contributed by atoms with Gasteiger partial charge in [0.2, 0.25) is 0 Å². The summed E-state index contributed by atoms with van der Waals surface area (Å²) in [4.78, 5) is 20.8. The molecule has 34 heavy (non-hydrogen) atoms. The van der Waals surface area contributed by atoms with Crippen LogP contribution in [0.2, 0.25) is 0 Å². The molecule has 202 valence electrons. The second-order valence-electron chi connectivity index (χ2n) is 6.01. The highest BCUT2D eigenvalue weighted by molar-refractivity contribution is 6.42. The maximum absolute atomic E-state index is 13.3. The van der Waals surface area contributed by atoms with E-state index in [4.69, 9.17) is 0 Å². The number of alkyl halides is 20. The zero-order chi connectivity index (χ0) is 28.4. The lowest BCUT2D eigenvalue weighted by Crippen LogP contribution is -2.75. The summed E-state index contributed by atoms with van der Waals surface area (Å²) in [6.45, 7) is -4.09. The summed E-state index contributed by atoms with van der Waals surface area (Å²) in [6, 6.07) is 0. The van der Waals surface area contributed by atoms with Crippen molar-refractivity contribution < 1.29 is 97.4 Å². The number of halogens is 20. The van der Waals surface area contributed by atoms with Gasteiger partial charge in [0.1, 0.15) is 0 Å². The van der Waals surface area contributed by atoms with Crippen molar-refractivity contribution in [2.75, 3.05) is 6.67 Å². The van der Waals surface area contributed by atoms with Gasteiger partial charge in [0.25, 0.3) is 5.78 Å². The number of ketones is 2. The average molecular weight is 558 g/mol. The van der Waals surface area contributed by atoms with Gasteiger partial charge in [-0.25, -0.2) is 4.39 Å². The van der Waals surface area contributed by atoms with Crippen molar-refractivity contribution >= 4 is 11.6 Å². The third-order valence-electron chi connectivity index (χ3n) is 3.74. The first-order chi connectivity index (χ1) is 14.4. The van der Waals surface area contributed by atoms with Gasteiger partial charge in [-0.15, -0.1) is 0 Å². The lowest BCUT2D eigenvalue weighted by molar-refractivity contribution is -0.450. The highest BCUT2D eigenvalue weighted by Crippen LogP contribution is 2.64. The molecule has 0 aliphatic heterocycles. The predicted molar refractivity (Wildman–Crippen MR) is 61.6 cm³/mol. The van der Waals surface area contributed by atoms with Crippen LogP contribution in [-0.4, -0.2) is 71.8 Å². The Bertz CT molecular complexity index is 805. The minimum atomic E-state index is -9.03. The highest BCUT2D eigenvalue weighted by Gasteiger charge is 2.95. The molecule has 0 aliphatic carbocycles. The molecule has 0 spiro atoms. The van der Waals surface area contributed by atoms with E-state index in [0.29, 0.717) is 0 Å². The molecule has 0 radical (unpaired) electrons. The molecule has 0 bridgehead atoms. The van der Waals surface area contributed by atoms with Gasteiger partial charge in [0, 0.05) is 0 Å². The van der Waals surface area contributed by atoms with Gasteiger partial charge < -0.3 is 0 Å². The van der Waals surface area contributed by atoms with Gasteiger partial charge in [-0.2, -0.15) is 83.4 Å². The van der Waals surface area contributed by atoms with Crippen LogP contribution in [0.5, 0.6) is 0 Å². The van der Waals surface area contributed by atoms with E-state index in [9.17, 15) is 97.4 Å². The number of hydrogen-bond acceptors (Lipinski definition) is 2. The van der Waals surface area contributed by atoms with Gasteiger partial charge in [-0.1, -0.05) is 0 Å². The molecule has 22 heteroatoms. The van der Waals surface area contributed by atoms with Crippen molar-refractivity contribution in [3.63, 3.8) is 0 Å². The van der Waals surface area contributed by atoms with Crippen LogP contribution in [0.15, 0.2) is 0 Å². The Kier molecular flexibility index (Phi) is 7.50. The van der Waals surface area contributed by atoms with Crippen LogP contribution in [0.25, 0.3) is 0 Å². The Morgan fingerprint density at radius 1 is 0.412 bits per heavy atom. The van der Waals surface area contributed by atoms with E-state index in [1.165, 1.54) is 0 Å². The molecule has 0 unspecified atom stereocenters. The Labute approximate surface area is 170 Å². The predicted octanol–water partition coefficient (Wildman–Crippen LogP) is 5.74. The van der Waals surface area contributed by atoms with Crippen molar-refractivity contribution in [2.24, 2.45) is 0 Å². The zero-order valence-corrected chi connectivity index (χ0v) is 14.6. The second kappa shape index (κ2) is 7.98. The van der Waals surface area contributed by atoms with Gasteiger partial charge in [0.15, 0.2) is 6.67 Å². The monoisotopic (exact) mass is 558 g/mol. The maximum atomic E-state index is 13.3. The molecule has 0 saturated carbocycles. The molecular weight excluding hydrogens is 556 g/mol. The van der Waals surface area contributed by atoms with E-state index in [2.05, 4.69) is 0 Å². The molecule has 0 amide bonds. The average Bonchev–Trinajstić information content (AvgIpc) is 2.64. The van der Waals surface area contributed by atoms with Crippen LogP contribution in [-0.2, 0) is 9.59 Å². The first kappa shape index (κ1) is 31.9. The lowest BCUT2D eigenvalue weighted by atomic mass is 9.86. The van der Waals surface area contributed by atoms with Crippen molar-refractivity contribution in [1.29, 1.82) is 0 Å². The van der Waals surface area contributed by atoms with Crippen LogP contribution in [0.4, 0.5) is 87.8 Å². The van der Waals surface area contributed by atoms with E-state index < -0.39 is 71.8 Å². The number of rotatable bonds is 10. The number of carbonyl (C=O) groups excluding carboxylic acids is 2. The Balaban J connectivity index is 6.93. The zero-order valence-electron chi connectivity index (χ0n) is 14.6. The topological polar surface area (TPSA) is 34.1 Å². The SMILES string of the molecule is O=C(C(=O)C(F)(F)C(F)(F)C(F)(F)C(F)(F)C(F)(F)C(F)(F)C(F)(F)C(F)(F)CF)C(F)(F)F. The first-order valence-corrected chi connectivity index (χ1v) is 7.12. The fraction of sp³-hybridized carbons (Fsp3) is 0.833. The molecule has 0 N–H and O–H groups in total. The normalized spacial score (nSPS) is 16.0. The molecule has 0 fully saturated rings. The van der Waals surface area contributed by atoms with Crippen molar-refractivity contribution in [1.82, 2.24) is 0 Å².